The van der Waals surface area contributed by atoms with Crippen LogP contribution in [0, 0.1) is 6.92 Å². The van der Waals surface area contributed by atoms with Crippen LogP contribution in [0.3, 0.4) is 0 Å². The molecule has 1 aromatic carbocycles. The van der Waals surface area contributed by atoms with Gasteiger partial charge in [-0.25, -0.2) is 4.98 Å². The van der Waals surface area contributed by atoms with Crippen LogP contribution in [-0.2, 0) is 11.5 Å². The zero-order valence-corrected chi connectivity index (χ0v) is 12.3. The Morgan fingerprint density at radius 1 is 1.16 bits per heavy atom. The van der Waals surface area contributed by atoms with Gasteiger partial charge < -0.3 is 5.32 Å². The lowest BCUT2D eigenvalue weighted by Crippen LogP contribution is -2.02. The third-order valence-electron chi connectivity index (χ3n) is 2.84. The van der Waals surface area contributed by atoms with Crippen molar-refractivity contribution in [2.75, 3.05) is 11.9 Å². The number of anilines is 1. The maximum Gasteiger partial charge on any atom is 0.129 e. The molecule has 1 aromatic heterocycles. The zero-order chi connectivity index (χ0) is 13.5. The van der Waals surface area contributed by atoms with Gasteiger partial charge in [-0.05, 0) is 25.5 Å². The van der Waals surface area contributed by atoms with E-state index in [0.717, 1.165) is 23.9 Å². The van der Waals surface area contributed by atoms with Gasteiger partial charge in [0.15, 0.2) is 0 Å². The first-order valence-electron chi connectivity index (χ1n) is 6.60. The fourth-order valence-corrected chi connectivity index (χ4v) is 2.93. The number of nitrogens with zero attached hydrogens (tertiary/aromatic N) is 1. The second kappa shape index (κ2) is 7.19. The van der Waals surface area contributed by atoms with E-state index in [1.165, 1.54) is 16.7 Å². The molecular formula is C16H20N2S. The van der Waals surface area contributed by atoms with Crippen LogP contribution in [0.1, 0.15) is 23.6 Å². The topological polar surface area (TPSA) is 24.9 Å². The fraction of sp³-hybridized carbons (Fsp3) is 0.312. The predicted molar refractivity (Wildman–Crippen MR) is 84.6 cm³/mol. The fourth-order valence-electron chi connectivity index (χ4n) is 1.96. The molecule has 0 unspecified atom stereocenters. The van der Waals surface area contributed by atoms with Crippen molar-refractivity contribution in [3.05, 3.63) is 59.3 Å². The van der Waals surface area contributed by atoms with Crippen molar-refractivity contribution >= 4 is 17.6 Å². The highest BCUT2D eigenvalue weighted by atomic mass is 32.2. The van der Waals surface area contributed by atoms with E-state index in [1.54, 1.807) is 0 Å². The lowest BCUT2D eigenvalue weighted by Gasteiger charge is -2.09. The molecule has 0 aliphatic carbocycles. The highest BCUT2D eigenvalue weighted by Gasteiger charge is 2.02. The number of pyridine rings is 1. The Bertz CT molecular complexity index is 526. The second-order valence-corrected chi connectivity index (χ2v) is 5.51. The van der Waals surface area contributed by atoms with E-state index in [1.807, 2.05) is 24.0 Å². The average molecular weight is 272 g/mol. The number of thioether (sulfide) groups is 1. The van der Waals surface area contributed by atoms with E-state index in [-0.39, 0.29) is 0 Å². The molecule has 0 aliphatic rings. The van der Waals surface area contributed by atoms with Crippen molar-refractivity contribution in [2.24, 2.45) is 0 Å². The van der Waals surface area contributed by atoms with Gasteiger partial charge in [0, 0.05) is 29.8 Å². The van der Waals surface area contributed by atoms with Crippen LogP contribution in [0.2, 0.25) is 0 Å². The summed E-state index contributed by atoms with van der Waals surface area (Å²) in [5.74, 6) is 3.05. The first kappa shape index (κ1) is 13.9. The Labute approximate surface area is 119 Å². The molecule has 0 amide bonds. The van der Waals surface area contributed by atoms with Gasteiger partial charge in [0.25, 0.3) is 0 Å². The Morgan fingerprint density at radius 3 is 2.84 bits per heavy atom. The first-order chi connectivity index (χ1) is 9.29. The molecule has 2 aromatic rings. The van der Waals surface area contributed by atoms with Gasteiger partial charge in [0.2, 0.25) is 0 Å². The van der Waals surface area contributed by atoms with Crippen molar-refractivity contribution in [3.8, 4) is 0 Å². The minimum Gasteiger partial charge on any atom is -0.370 e. The predicted octanol–water partition coefficient (Wildman–Crippen LogP) is 4.26. The van der Waals surface area contributed by atoms with Gasteiger partial charge in [0.1, 0.15) is 5.82 Å². The molecule has 100 valence electrons. The van der Waals surface area contributed by atoms with Gasteiger partial charge >= 0.3 is 0 Å². The number of aryl methyl sites for hydroxylation is 1. The van der Waals surface area contributed by atoms with Gasteiger partial charge in [-0.3, -0.25) is 0 Å². The van der Waals surface area contributed by atoms with Gasteiger partial charge in [-0.1, -0.05) is 35.9 Å². The summed E-state index contributed by atoms with van der Waals surface area (Å²) >= 11 is 1.93. The third kappa shape index (κ3) is 4.28. The zero-order valence-electron chi connectivity index (χ0n) is 11.5. The van der Waals surface area contributed by atoms with Gasteiger partial charge in [-0.15, -0.1) is 0 Å². The highest BCUT2D eigenvalue weighted by Crippen LogP contribution is 2.22. The number of nitrogens with one attached hydrogen (secondary N) is 1. The van der Waals surface area contributed by atoms with Crippen LogP contribution in [0.4, 0.5) is 5.82 Å². The van der Waals surface area contributed by atoms with Crippen LogP contribution < -0.4 is 5.32 Å². The molecular weight excluding hydrogens is 252 g/mol. The molecule has 0 aliphatic heterocycles. The molecule has 2 nitrogen and oxygen atoms in total. The molecule has 3 heteroatoms. The van der Waals surface area contributed by atoms with Crippen LogP contribution in [-0.4, -0.2) is 11.5 Å². The summed E-state index contributed by atoms with van der Waals surface area (Å²) in [7, 11) is 0. The summed E-state index contributed by atoms with van der Waals surface area (Å²) in [5, 5.41) is 3.31. The van der Waals surface area contributed by atoms with Crippen LogP contribution in [0.25, 0.3) is 0 Å². The van der Waals surface area contributed by atoms with E-state index in [0.29, 0.717) is 0 Å². The third-order valence-corrected chi connectivity index (χ3v) is 3.90. The number of hydrogen-bond donors (Lipinski definition) is 1. The van der Waals surface area contributed by atoms with Crippen molar-refractivity contribution in [1.29, 1.82) is 0 Å². The Morgan fingerprint density at radius 2 is 2.05 bits per heavy atom. The van der Waals surface area contributed by atoms with Crippen molar-refractivity contribution in [1.82, 2.24) is 4.98 Å². The molecule has 2 rings (SSSR count). The lowest BCUT2D eigenvalue weighted by atomic mass is 10.2. The van der Waals surface area contributed by atoms with Crippen molar-refractivity contribution in [2.45, 2.75) is 25.4 Å². The van der Waals surface area contributed by atoms with E-state index in [4.69, 9.17) is 0 Å². The van der Waals surface area contributed by atoms with Crippen LogP contribution in [0.5, 0.6) is 0 Å². The monoisotopic (exact) mass is 272 g/mol. The summed E-state index contributed by atoms with van der Waals surface area (Å²) in [6, 6.07) is 12.9. The highest BCUT2D eigenvalue weighted by molar-refractivity contribution is 7.97. The number of rotatable bonds is 6. The molecule has 1 N–H and O–H groups in total. The number of benzene rings is 1. The maximum absolute atomic E-state index is 4.38. The SMILES string of the molecule is CCNc1ncccc1CSCc1cccc(C)c1. The number of hydrogen-bond acceptors (Lipinski definition) is 3. The molecule has 0 spiro atoms. The van der Waals surface area contributed by atoms with Gasteiger partial charge in [0.05, 0.1) is 0 Å². The van der Waals surface area contributed by atoms with Crippen molar-refractivity contribution in [3.63, 3.8) is 0 Å². The molecule has 0 fully saturated rings. The number of aromatic nitrogens is 1. The minimum atomic E-state index is 0.909. The molecule has 19 heavy (non-hydrogen) atoms. The lowest BCUT2D eigenvalue weighted by molar-refractivity contribution is 1.13. The first-order valence-corrected chi connectivity index (χ1v) is 7.76. The molecule has 0 bridgehead atoms. The van der Waals surface area contributed by atoms with E-state index in [2.05, 4.69) is 54.5 Å². The smallest absolute Gasteiger partial charge is 0.129 e. The summed E-state index contributed by atoms with van der Waals surface area (Å²) in [4.78, 5) is 4.38. The van der Waals surface area contributed by atoms with E-state index >= 15 is 0 Å². The molecule has 0 atom stereocenters. The quantitative estimate of drug-likeness (QED) is 0.850. The Hall–Kier alpha value is -1.48. The van der Waals surface area contributed by atoms with Gasteiger partial charge in [-0.2, -0.15) is 11.8 Å². The van der Waals surface area contributed by atoms with Crippen molar-refractivity contribution < 1.29 is 0 Å². The normalized spacial score (nSPS) is 10.4. The maximum atomic E-state index is 4.38. The van der Waals surface area contributed by atoms with Crippen LogP contribution >= 0.6 is 11.8 Å². The summed E-state index contributed by atoms with van der Waals surface area (Å²) in [6.45, 7) is 5.14. The summed E-state index contributed by atoms with van der Waals surface area (Å²) < 4.78 is 0. The molecule has 1 heterocycles. The van der Waals surface area contributed by atoms with Crippen LogP contribution in [0.15, 0.2) is 42.6 Å². The standard InChI is InChI=1S/C16H20N2S/c1-3-17-16-15(8-5-9-18-16)12-19-11-14-7-4-6-13(2)10-14/h4-10H,3,11-12H2,1-2H3,(H,17,18). The summed E-state index contributed by atoms with van der Waals surface area (Å²) in [5.41, 5.74) is 3.99. The van der Waals surface area contributed by atoms with E-state index in [9.17, 15) is 0 Å². The Kier molecular flexibility index (Phi) is 5.28. The second-order valence-electron chi connectivity index (χ2n) is 4.52. The Balaban J connectivity index is 1.92. The molecule has 0 saturated heterocycles. The van der Waals surface area contributed by atoms with E-state index < -0.39 is 0 Å². The largest absolute Gasteiger partial charge is 0.370 e. The average Bonchev–Trinajstić information content (AvgIpc) is 2.41. The molecule has 0 saturated carbocycles. The summed E-state index contributed by atoms with van der Waals surface area (Å²) in [6.07, 6.45) is 1.84. The minimum absolute atomic E-state index is 0.909. The molecule has 0 radical (unpaired) electrons.